The smallest absolute Gasteiger partial charge is 0.480 e. The van der Waals surface area contributed by atoms with Crippen LogP contribution < -0.4 is 20.5 Å². The summed E-state index contributed by atoms with van der Waals surface area (Å²) in [6.45, 7) is 2.94. The maximum Gasteiger partial charge on any atom is 0.524 e. The summed E-state index contributed by atoms with van der Waals surface area (Å²) in [5.41, 5.74) is 1.44. The van der Waals surface area contributed by atoms with E-state index in [1.807, 2.05) is 30.3 Å². The third-order valence-corrected chi connectivity index (χ3v) is 5.79. The lowest BCUT2D eigenvalue weighted by atomic mass is 9.98. The molecule has 3 atom stereocenters. The molecule has 0 fully saturated rings. The molecular formula is C24H30N3O9P. The van der Waals surface area contributed by atoms with Gasteiger partial charge in [-0.1, -0.05) is 42.5 Å². The van der Waals surface area contributed by atoms with E-state index >= 15 is 0 Å². The molecule has 0 aliphatic carbocycles. The molecule has 0 heterocycles. The number of rotatable bonds is 13. The topological polar surface area (TPSA) is 191 Å². The van der Waals surface area contributed by atoms with Gasteiger partial charge in [-0.05, 0) is 36.6 Å². The molecule has 0 saturated heterocycles. The summed E-state index contributed by atoms with van der Waals surface area (Å²) in [5.74, 6) is -4.15. The highest BCUT2D eigenvalue weighted by Gasteiger charge is 2.33. The molecule has 6 N–H and O–H groups in total. The zero-order valence-electron chi connectivity index (χ0n) is 20.3. The Morgan fingerprint density at radius 2 is 1.59 bits per heavy atom. The van der Waals surface area contributed by atoms with Gasteiger partial charge in [0, 0.05) is 19.9 Å². The van der Waals surface area contributed by atoms with Gasteiger partial charge in [0.1, 0.15) is 11.8 Å². The van der Waals surface area contributed by atoms with Crippen molar-refractivity contribution in [3.8, 4) is 5.75 Å². The van der Waals surface area contributed by atoms with Crippen molar-refractivity contribution in [1.82, 2.24) is 16.0 Å². The third kappa shape index (κ3) is 10.4. The number of benzene rings is 2. The summed E-state index contributed by atoms with van der Waals surface area (Å²) in [5, 5.41) is 17.1. The number of nitrogens with one attached hydrogen (secondary N) is 3. The second-order valence-corrected chi connectivity index (χ2v) is 9.46. The van der Waals surface area contributed by atoms with E-state index in [9.17, 15) is 28.8 Å². The van der Waals surface area contributed by atoms with Crippen molar-refractivity contribution in [3.63, 3.8) is 0 Å². The molecule has 3 amide bonds. The minimum absolute atomic E-state index is 0.105. The van der Waals surface area contributed by atoms with E-state index in [1.165, 1.54) is 31.2 Å². The lowest BCUT2D eigenvalue weighted by Gasteiger charge is -2.26. The molecule has 0 saturated carbocycles. The molecule has 12 nitrogen and oxygen atoms in total. The third-order valence-electron chi connectivity index (χ3n) is 5.34. The Morgan fingerprint density at radius 1 is 0.973 bits per heavy atom. The highest BCUT2D eigenvalue weighted by atomic mass is 31.2. The van der Waals surface area contributed by atoms with Crippen LogP contribution in [0.2, 0.25) is 0 Å². The molecule has 2 rings (SSSR count). The first kappa shape index (κ1) is 29.5. The first-order valence-electron chi connectivity index (χ1n) is 11.3. The number of amides is 3. The van der Waals surface area contributed by atoms with Crippen LogP contribution in [0.25, 0.3) is 0 Å². The molecule has 37 heavy (non-hydrogen) atoms. The molecule has 2 aromatic rings. The molecule has 0 radical (unpaired) electrons. The molecule has 0 aliphatic heterocycles. The number of carboxylic acid groups (broad SMARTS) is 1. The molecule has 0 bridgehead atoms. The number of hydrogen-bond donors (Lipinski definition) is 6. The minimum atomic E-state index is -4.74. The van der Waals surface area contributed by atoms with Gasteiger partial charge in [-0.25, -0.2) is 9.36 Å². The van der Waals surface area contributed by atoms with Crippen LogP contribution in [0.5, 0.6) is 5.75 Å². The Morgan fingerprint density at radius 3 is 2.14 bits per heavy atom. The van der Waals surface area contributed by atoms with Crippen LogP contribution >= 0.6 is 7.82 Å². The van der Waals surface area contributed by atoms with Gasteiger partial charge in [0.05, 0.1) is 12.0 Å². The fourth-order valence-electron chi connectivity index (χ4n) is 3.48. The van der Waals surface area contributed by atoms with Crippen molar-refractivity contribution in [2.45, 2.75) is 44.7 Å². The first-order valence-corrected chi connectivity index (χ1v) is 12.8. The number of phosphoric acid groups is 1. The Balaban J connectivity index is 2.10. The number of aliphatic carboxylic acids is 1. The van der Waals surface area contributed by atoms with Crippen LogP contribution in [-0.2, 0) is 30.2 Å². The fourth-order valence-corrected chi connectivity index (χ4v) is 3.88. The quantitative estimate of drug-likeness (QED) is 0.204. The van der Waals surface area contributed by atoms with Gasteiger partial charge in [0.15, 0.2) is 0 Å². The van der Waals surface area contributed by atoms with Crippen molar-refractivity contribution >= 4 is 31.5 Å². The second-order valence-electron chi connectivity index (χ2n) is 8.29. The molecule has 2 aromatic carbocycles. The molecule has 13 heteroatoms. The van der Waals surface area contributed by atoms with Gasteiger partial charge in [-0.15, -0.1) is 0 Å². The van der Waals surface area contributed by atoms with Gasteiger partial charge in [0.2, 0.25) is 17.7 Å². The standard InChI is InChI=1S/C24H30N3O9P/c1-15(18-8-10-19(11-9-18)36-37(33,34)35)23(30)27-20(22(24(31)32)26-16(2)28)14-21(29)25-13-12-17-6-4-3-5-7-17/h3-11,15,20,22H,12-14H2,1-2H3,(H,25,29)(H,26,28)(H,27,30)(H,31,32)(H2,33,34,35). The molecule has 200 valence electrons. The van der Waals surface area contributed by atoms with Crippen molar-refractivity contribution < 1.29 is 43.2 Å². The number of phosphoric ester groups is 1. The highest BCUT2D eigenvalue weighted by molar-refractivity contribution is 7.46. The zero-order chi connectivity index (χ0) is 27.6. The Bertz CT molecular complexity index is 1140. The van der Waals surface area contributed by atoms with E-state index in [-0.39, 0.29) is 5.75 Å². The van der Waals surface area contributed by atoms with Gasteiger partial charge >= 0.3 is 13.8 Å². The predicted octanol–water partition coefficient (Wildman–Crippen LogP) is 1.08. The van der Waals surface area contributed by atoms with Gasteiger partial charge in [-0.2, -0.15) is 0 Å². The van der Waals surface area contributed by atoms with Gasteiger partial charge in [-0.3, -0.25) is 24.2 Å². The summed E-state index contributed by atoms with van der Waals surface area (Å²) in [6.07, 6.45) is 0.149. The molecule has 0 spiro atoms. The zero-order valence-corrected chi connectivity index (χ0v) is 21.2. The maximum atomic E-state index is 13.0. The molecule has 0 aliphatic rings. The lowest BCUT2D eigenvalue weighted by Crippen LogP contribution is -2.57. The predicted molar refractivity (Wildman–Crippen MR) is 132 cm³/mol. The summed E-state index contributed by atoms with van der Waals surface area (Å²) in [6, 6.07) is 12.0. The van der Waals surface area contributed by atoms with Gasteiger partial charge in [0.25, 0.3) is 0 Å². The van der Waals surface area contributed by atoms with E-state index in [1.54, 1.807) is 0 Å². The second kappa shape index (κ2) is 13.5. The lowest BCUT2D eigenvalue weighted by molar-refractivity contribution is -0.143. The largest absolute Gasteiger partial charge is 0.524 e. The van der Waals surface area contributed by atoms with Crippen molar-refractivity contribution in [2.75, 3.05) is 6.54 Å². The average Bonchev–Trinajstić information content (AvgIpc) is 2.81. The van der Waals surface area contributed by atoms with Crippen LogP contribution in [0.3, 0.4) is 0 Å². The normalized spacial score (nSPS) is 13.5. The van der Waals surface area contributed by atoms with E-state index < -0.39 is 55.9 Å². The fraction of sp³-hybridized carbons (Fsp3) is 0.333. The van der Waals surface area contributed by atoms with Crippen LogP contribution in [0, 0.1) is 0 Å². The highest BCUT2D eigenvalue weighted by Crippen LogP contribution is 2.37. The van der Waals surface area contributed by atoms with E-state index in [2.05, 4.69) is 20.5 Å². The molecule has 0 aromatic heterocycles. The van der Waals surface area contributed by atoms with E-state index in [4.69, 9.17) is 9.79 Å². The first-order chi connectivity index (χ1) is 17.4. The van der Waals surface area contributed by atoms with E-state index in [0.717, 1.165) is 12.5 Å². The minimum Gasteiger partial charge on any atom is -0.480 e. The van der Waals surface area contributed by atoms with Crippen molar-refractivity contribution in [1.29, 1.82) is 0 Å². The number of hydrogen-bond acceptors (Lipinski definition) is 6. The van der Waals surface area contributed by atoms with Crippen LogP contribution in [0.15, 0.2) is 54.6 Å². The summed E-state index contributed by atoms with van der Waals surface area (Å²) < 4.78 is 15.4. The van der Waals surface area contributed by atoms with Crippen molar-refractivity contribution in [2.24, 2.45) is 0 Å². The van der Waals surface area contributed by atoms with Crippen LogP contribution in [-0.4, -0.2) is 57.2 Å². The average molecular weight is 535 g/mol. The van der Waals surface area contributed by atoms with Crippen LogP contribution in [0.1, 0.15) is 37.3 Å². The summed E-state index contributed by atoms with van der Waals surface area (Å²) in [7, 11) is -4.74. The van der Waals surface area contributed by atoms with Gasteiger partial charge < -0.3 is 25.6 Å². The maximum absolute atomic E-state index is 13.0. The summed E-state index contributed by atoms with van der Waals surface area (Å²) >= 11 is 0. The molecule has 3 unspecified atom stereocenters. The Labute approximate surface area is 213 Å². The number of carbonyl (C=O) groups excluding carboxylic acids is 3. The number of carboxylic acids is 1. The Kier molecular flexibility index (Phi) is 10.8. The monoisotopic (exact) mass is 535 g/mol. The van der Waals surface area contributed by atoms with Crippen LogP contribution in [0.4, 0.5) is 0 Å². The van der Waals surface area contributed by atoms with E-state index in [0.29, 0.717) is 18.5 Å². The summed E-state index contributed by atoms with van der Waals surface area (Å²) in [4.78, 5) is 66.8. The SMILES string of the molecule is CC(=O)NC(C(=O)O)C(CC(=O)NCCc1ccccc1)NC(=O)C(C)c1ccc(OP(=O)(O)O)cc1. The Hall–Kier alpha value is -3.73. The van der Waals surface area contributed by atoms with Crippen molar-refractivity contribution in [3.05, 3.63) is 65.7 Å². The number of carbonyl (C=O) groups is 4. The molecular weight excluding hydrogens is 505 g/mol.